The lowest BCUT2D eigenvalue weighted by molar-refractivity contribution is 1.03. The third-order valence-corrected chi connectivity index (χ3v) is 4.83. The van der Waals surface area contributed by atoms with Crippen molar-refractivity contribution in [2.45, 2.75) is 13.8 Å². The molecule has 0 saturated heterocycles. The summed E-state index contributed by atoms with van der Waals surface area (Å²) in [4.78, 5) is 12.8. The molecule has 27 heavy (non-hydrogen) atoms. The average molecular weight is 351 g/mol. The van der Waals surface area contributed by atoms with E-state index in [9.17, 15) is 4.79 Å². The largest absolute Gasteiger partial charge is 0.309 e. The van der Waals surface area contributed by atoms with Crippen LogP contribution in [0.25, 0.3) is 28.2 Å². The van der Waals surface area contributed by atoms with Crippen LogP contribution in [0.2, 0.25) is 0 Å². The van der Waals surface area contributed by atoms with Gasteiger partial charge >= 0.3 is 0 Å². The highest BCUT2D eigenvalue weighted by Crippen LogP contribution is 2.31. The maximum Gasteiger partial charge on any atom is 0.185 e. The predicted octanol–water partition coefficient (Wildman–Crippen LogP) is 5.79. The predicted molar refractivity (Wildman–Crippen MR) is 112 cm³/mol. The van der Waals surface area contributed by atoms with Crippen molar-refractivity contribution in [1.82, 2.24) is 4.57 Å². The van der Waals surface area contributed by atoms with Gasteiger partial charge in [0.2, 0.25) is 0 Å². The minimum atomic E-state index is 0.0524. The zero-order valence-electron chi connectivity index (χ0n) is 15.5. The molecular weight excluding hydrogens is 330 g/mol. The van der Waals surface area contributed by atoms with Crippen LogP contribution >= 0.6 is 0 Å². The number of aryl methyl sites for hydroxylation is 1. The molecule has 3 aromatic carbocycles. The normalized spacial score (nSPS) is 10.7. The van der Waals surface area contributed by atoms with Crippen LogP contribution in [0.4, 0.5) is 0 Å². The highest BCUT2D eigenvalue weighted by Gasteiger charge is 2.17. The van der Waals surface area contributed by atoms with Gasteiger partial charge in [-0.2, -0.15) is 0 Å². The lowest BCUT2D eigenvalue weighted by Gasteiger charge is -2.22. The van der Waals surface area contributed by atoms with Gasteiger partial charge in [-0.15, -0.1) is 0 Å². The van der Waals surface area contributed by atoms with Gasteiger partial charge in [-0.25, -0.2) is 0 Å². The number of hydrogen-bond donors (Lipinski definition) is 0. The van der Waals surface area contributed by atoms with E-state index in [2.05, 4.69) is 47.9 Å². The Hall–Kier alpha value is -3.39. The molecule has 0 amide bonds. The van der Waals surface area contributed by atoms with Crippen molar-refractivity contribution in [2.24, 2.45) is 0 Å². The summed E-state index contributed by atoms with van der Waals surface area (Å²) in [5.41, 5.74) is 6.93. The van der Waals surface area contributed by atoms with E-state index in [1.54, 1.807) is 6.07 Å². The molecule has 1 aromatic heterocycles. The van der Waals surface area contributed by atoms with Crippen molar-refractivity contribution in [3.8, 4) is 28.2 Å². The Bertz CT molecular complexity index is 1140. The van der Waals surface area contributed by atoms with Crippen LogP contribution in [0.5, 0.6) is 0 Å². The molecule has 0 aliphatic rings. The second-order valence-electron chi connectivity index (χ2n) is 6.77. The van der Waals surface area contributed by atoms with Crippen LogP contribution in [-0.4, -0.2) is 4.57 Å². The average Bonchev–Trinajstić information content (AvgIpc) is 2.71. The summed E-state index contributed by atoms with van der Waals surface area (Å²) in [5.74, 6) is 0. The Morgan fingerprint density at radius 2 is 1.30 bits per heavy atom. The maximum atomic E-state index is 12.8. The van der Waals surface area contributed by atoms with Gasteiger partial charge < -0.3 is 4.57 Å². The fraction of sp³-hybridized carbons (Fsp3) is 0.0800. The molecule has 0 bridgehead atoms. The molecule has 0 saturated carbocycles. The number of pyridine rings is 1. The Morgan fingerprint density at radius 1 is 0.667 bits per heavy atom. The molecule has 2 nitrogen and oxygen atoms in total. The van der Waals surface area contributed by atoms with Crippen LogP contribution in [0, 0.1) is 13.8 Å². The summed E-state index contributed by atoms with van der Waals surface area (Å²) in [5, 5.41) is 0. The van der Waals surface area contributed by atoms with E-state index < -0.39 is 0 Å². The molecule has 132 valence electrons. The molecule has 0 N–H and O–H groups in total. The van der Waals surface area contributed by atoms with Gasteiger partial charge in [-0.1, -0.05) is 72.8 Å². The SMILES string of the molecule is Cc1cccc(-n2c(-c3ccccc3)cc(=O)c(C)c2-c2ccccc2)c1. The molecule has 1 heterocycles. The first-order chi connectivity index (χ1) is 13.1. The van der Waals surface area contributed by atoms with Crippen LogP contribution in [-0.2, 0) is 0 Å². The Labute approximate surface area is 159 Å². The van der Waals surface area contributed by atoms with Crippen molar-refractivity contribution in [3.63, 3.8) is 0 Å². The highest BCUT2D eigenvalue weighted by atomic mass is 16.1. The minimum absolute atomic E-state index is 0.0524. The van der Waals surface area contributed by atoms with E-state index in [1.165, 1.54) is 5.56 Å². The standard InChI is InChI=1S/C25H21NO/c1-18-10-9-15-22(16-18)26-23(20-11-5-3-6-12-20)17-24(27)19(2)25(26)21-13-7-4-8-14-21/h3-17H,1-2H3. The van der Waals surface area contributed by atoms with Gasteiger partial charge in [0.05, 0.1) is 11.4 Å². The van der Waals surface area contributed by atoms with Crippen LogP contribution in [0.3, 0.4) is 0 Å². The summed E-state index contributed by atoms with van der Waals surface area (Å²) >= 11 is 0. The molecule has 0 aliphatic carbocycles. The van der Waals surface area contributed by atoms with Crippen molar-refractivity contribution in [1.29, 1.82) is 0 Å². The fourth-order valence-corrected chi connectivity index (χ4v) is 3.50. The second-order valence-corrected chi connectivity index (χ2v) is 6.77. The zero-order chi connectivity index (χ0) is 18.8. The van der Waals surface area contributed by atoms with Gasteiger partial charge in [0.25, 0.3) is 0 Å². The Kier molecular flexibility index (Phi) is 4.47. The smallest absolute Gasteiger partial charge is 0.185 e. The summed E-state index contributed by atoms with van der Waals surface area (Å²) in [6.07, 6.45) is 0. The summed E-state index contributed by atoms with van der Waals surface area (Å²) in [7, 11) is 0. The monoisotopic (exact) mass is 351 g/mol. The molecule has 2 heteroatoms. The van der Waals surface area contributed by atoms with E-state index in [0.29, 0.717) is 0 Å². The lowest BCUT2D eigenvalue weighted by atomic mass is 10.0. The first-order valence-corrected chi connectivity index (χ1v) is 9.10. The number of benzene rings is 3. The number of nitrogens with zero attached hydrogens (tertiary/aromatic N) is 1. The van der Waals surface area contributed by atoms with Crippen LogP contribution in [0.1, 0.15) is 11.1 Å². The summed E-state index contributed by atoms with van der Waals surface area (Å²) < 4.78 is 2.20. The van der Waals surface area contributed by atoms with Gasteiger partial charge in [0, 0.05) is 17.3 Å². The number of hydrogen-bond acceptors (Lipinski definition) is 1. The van der Waals surface area contributed by atoms with E-state index >= 15 is 0 Å². The zero-order valence-corrected chi connectivity index (χ0v) is 15.5. The third kappa shape index (κ3) is 3.22. The highest BCUT2D eigenvalue weighted by molar-refractivity contribution is 5.73. The van der Waals surface area contributed by atoms with Gasteiger partial charge in [0.15, 0.2) is 5.43 Å². The van der Waals surface area contributed by atoms with E-state index in [-0.39, 0.29) is 5.43 Å². The van der Waals surface area contributed by atoms with Crippen molar-refractivity contribution < 1.29 is 0 Å². The number of rotatable bonds is 3. The summed E-state index contributed by atoms with van der Waals surface area (Å²) in [6.45, 7) is 4.00. The molecule has 4 aromatic rings. The molecule has 0 atom stereocenters. The molecule has 0 fully saturated rings. The van der Waals surface area contributed by atoms with Crippen molar-refractivity contribution >= 4 is 0 Å². The molecule has 0 radical (unpaired) electrons. The van der Waals surface area contributed by atoms with Gasteiger partial charge in [-0.05, 0) is 42.7 Å². The Morgan fingerprint density at radius 3 is 1.93 bits per heavy atom. The quantitative estimate of drug-likeness (QED) is 0.458. The first-order valence-electron chi connectivity index (χ1n) is 9.10. The van der Waals surface area contributed by atoms with Gasteiger partial charge in [-0.3, -0.25) is 4.79 Å². The molecule has 0 aliphatic heterocycles. The van der Waals surface area contributed by atoms with E-state index in [0.717, 1.165) is 33.8 Å². The number of aromatic nitrogens is 1. The first kappa shape index (κ1) is 17.0. The topological polar surface area (TPSA) is 22.0 Å². The van der Waals surface area contributed by atoms with Crippen LogP contribution < -0.4 is 5.43 Å². The lowest BCUT2D eigenvalue weighted by Crippen LogP contribution is -2.15. The van der Waals surface area contributed by atoms with Gasteiger partial charge in [0.1, 0.15) is 0 Å². The fourth-order valence-electron chi connectivity index (χ4n) is 3.50. The van der Waals surface area contributed by atoms with E-state index in [1.807, 2.05) is 55.5 Å². The third-order valence-electron chi connectivity index (χ3n) is 4.83. The molecular formula is C25H21NO. The second kappa shape index (κ2) is 7.08. The van der Waals surface area contributed by atoms with Crippen molar-refractivity contribution in [2.75, 3.05) is 0 Å². The van der Waals surface area contributed by atoms with Crippen LogP contribution in [0.15, 0.2) is 95.8 Å². The summed E-state index contributed by atoms with van der Waals surface area (Å²) in [6, 6.07) is 30.4. The van der Waals surface area contributed by atoms with Crippen molar-refractivity contribution in [3.05, 3.63) is 112 Å². The van der Waals surface area contributed by atoms with E-state index in [4.69, 9.17) is 0 Å². The molecule has 0 spiro atoms. The molecule has 4 rings (SSSR count). The molecule has 0 unspecified atom stereocenters. The Balaban J connectivity index is 2.15. The maximum absolute atomic E-state index is 12.8. The minimum Gasteiger partial charge on any atom is -0.309 e.